The van der Waals surface area contributed by atoms with Gasteiger partial charge in [-0.15, -0.1) is 0 Å². The third kappa shape index (κ3) is 3.05. The van der Waals surface area contributed by atoms with Crippen molar-refractivity contribution < 1.29 is 23.8 Å². The first-order valence-electron chi connectivity index (χ1n) is 10.9. The molecule has 28 heavy (non-hydrogen) atoms. The Hall–Kier alpha value is -1.52. The van der Waals surface area contributed by atoms with E-state index in [0.29, 0.717) is 17.8 Å². The van der Waals surface area contributed by atoms with E-state index < -0.39 is 0 Å². The lowest BCUT2D eigenvalue weighted by Crippen LogP contribution is -2.56. The van der Waals surface area contributed by atoms with Gasteiger partial charge in [-0.25, -0.2) is 0 Å². The molecule has 2 saturated carbocycles. The predicted octanol–water partition coefficient (Wildman–Crippen LogP) is 4.40. The second kappa shape index (κ2) is 6.77. The van der Waals surface area contributed by atoms with Crippen LogP contribution in [0.1, 0.15) is 73.1 Å². The molecule has 0 unspecified atom stereocenters. The van der Waals surface area contributed by atoms with E-state index in [1.807, 2.05) is 0 Å². The summed E-state index contributed by atoms with van der Waals surface area (Å²) in [4.78, 5) is 23.2. The Morgan fingerprint density at radius 1 is 1.00 bits per heavy atom. The topological polar surface area (TPSA) is 61.8 Å². The molecule has 8 atom stereocenters. The molecule has 2 bridgehead atoms. The maximum Gasteiger partial charge on any atom is 0.303 e. The summed E-state index contributed by atoms with van der Waals surface area (Å²) in [5.74, 6) is 2.41. The maximum atomic E-state index is 11.7. The summed E-state index contributed by atoms with van der Waals surface area (Å²) in [6.07, 6.45) is 7.85. The lowest BCUT2D eigenvalue weighted by atomic mass is 9.52. The van der Waals surface area contributed by atoms with Crippen molar-refractivity contribution in [3.05, 3.63) is 11.8 Å². The zero-order valence-corrected chi connectivity index (χ0v) is 17.8. The average Bonchev–Trinajstić information content (AvgIpc) is 2.83. The standard InChI is InChI=1S/C23H34O5/c1-13-19-12-16(26-14(2)24)8-11-23(5,28-19)18-9-10-22(4)17(21(13)18)6-7-20(22)27-15(3)25/h12-13,16-18,20-21H,6-11H2,1-5H3/t13-,16+,17+,18+,20+,21+,22-,23+/m1/s1. The number of ether oxygens (including phenoxy) is 3. The molecular weight excluding hydrogens is 356 g/mol. The Morgan fingerprint density at radius 3 is 2.39 bits per heavy atom. The minimum atomic E-state index is -0.235. The average molecular weight is 391 g/mol. The van der Waals surface area contributed by atoms with Gasteiger partial charge in [0.05, 0.1) is 5.76 Å². The molecule has 0 aromatic rings. The molecule has 0 N–H and O–H groups in total. The minimum absolute atomic E-state index is 0.0311. The lowest BCUT2D eigenvalue weighted by Gasteiger charge is -2.58. The van der Waals surface area contributed by atoms with E-state index in [9.17, 15) is 9.59 Å². The SMILES string of the molecule is CC(=O)O[C@@H]1C=C2O[C@@](C)(CC1)[C@H]1CC[C@@]3(C)[C@@H](OC(C)=O)CC[C@H]3[C@@H]1[C@@H]2C. The molecule has 4 rings (SSSR count). The highest BCUT2D eigenvalue weighted by Crippen LogP contribution is 2.64. The van der Waals surface area contributed by atoms with Gasteiger partial charge in [0, 0.05) is 31.1 Å². The Balaban J connectivity index is 1.66. The Morgan fingerprint density at radius 2 is 1.71 bits per heavy atom. The summed E-state index contributed by atoms with van der Waals surface area (Å²) in [5, 5.41) is 0. The third-order valence-electron chi connectivity index (χ3n) is 8.31. The van der Waals surface area contributed by atoms with Crippen molar-refractivity contribution >= 4 is 11.9 Å². The molecule has 0 spiro atoms. The molecule has 2 aliphatic carbocycles. The van der Waals surface area contributed by atoms with Gasteiger partial charge in [-0.1, -0.05) is 13.8 Å². The van der Waals surface area contributed by atoms with Crippen LogP contribution in [0.15, 0.2) is 11.8 Å². The zero-order valence-electron chi connectivity index (χ0n) is 17.8. The fraction of sp³-hybridized carbons (Fsp3) is 0.826. The highest BCUT2D eigenvalue weighted by atomic mass is 16.6. The van der Waals surface area contributed by atoms with Crippen LogP contribution >= 0.6 is 0 Å². The largest absolute Gasteiger partial charge is 0.492 e. The molecule has 5 heteroatoms. The summed E-state index contributed by atoms with van der Waals surface area (Å²) < 4.78 is 17.9. The van der Waals surface area contributed by atoms with E-state index in [2.05, 4.69) is 26.8 Å². The fourth-order valence-corrected chi connectivity index (χ4v) is 7.00. The third-order valence-corrected chi connectivity index (χ3v) is 8.31. The Bertz CT molecular complexity index is 699. The predicted molar refractivity (Wildman–Crippen MR) is 104 cm³/mol. The molecule has 2 heterocycles. The van der Waals surface area contributed by atoms with Crippen LogP contribution in [-0.2, 0) is 23.8 Å². The fourth-order valence-electron chi connectivity index (χ4n) is 7.00. The Labute approximate surface area is 168 Å². The quantitative estimate of drug-likeness (QED) is 0.654. The molecule has 5 nitrogen and oxygen atoms in total. The number of hydrogen-bond donors (Lipinski definition) is 0. The van der Waals surface area contributed by atoms with Gasteiger partial charge < -0.3 is 14.2 Å². The molecule has 0 aromatic carbocycles. The van der Waals surface area contributed by atoms with Crippen molar-refractivity contribution in [1.82, 2.24) is 0 Å². The van der Waals surface area contributed by atoms with Gasteiger partial charge in [0.1, 0.15) is 17.8 Å². The van der Waals surface area contributed by atoms with Gasteiger partial charge in [0.15, 0.2) is 0 Å². The van der Waals surface area contributed by atoms with Gasteiger partial charge in [0.25, 0.3) is 0 Å². The van der Waals surface area contributed by atoms with Crippen molar-refractivity contribution in [2.75, 3.05) is 0 Å². The van der Waals surface area contributed by atoms with E-state index in [-0.39, 0.29) is 41.1 Å². The number of hydrogen-bond acceptors (Lipinski definition) is 5. The van der Waals surface area contributed by atoms with Crippen LogP contribution in [0.2, 0.25) is 0 Å². The van der Waals surface area contributed by atoms with Gasteiger partial charge in [-0.05, 0) is 63.4 Å². The molecular formula is C23H34O5. The van der Waals surface area contributed by atoms with E-state index in [4.69, 9.17) is 14.2 Å². The first-order valence-corrected chi connectivity index (χ1v) is 10.9. The van der Waals surface area contributed by atoms with Crippen molar-refractivity contribution in [3.8, 4) is 0 Å². The van der Waals surface area contributed by atoms with Crippen LogP contribution in [0, 0.1) is 29.1 Å². The second-order valence-electron chi connectivity index (χ2n) is 9.97. The summed E-state index contributed by atoms with van der Waals surface area (Å²) in [5.41, 5.74) is -0.160. The first kappa shape index (κ1) is 19.8. The smallest absolute Gasteiger partial charge is 0.303 e. The summed E-state index contributed by atoms with van der Waals surface area (Å²) in [7, 11) is 0. The summed E-state index contributed by atoms with van der Waals surface area (Å²) in [6, 6.07) is 0. The van der Waals surface area contributed by atoms with E-state index in [1.54, 1.807) is 0 Å². The van der Waals surface area contributed by atoms with Gasteiger partial charge >= 0.3 is 11.9 Å². The van der Waals surface area contributed by atoms with E-state index in [1.165, 1.54) is 13.8 Å². The summed E-state index contributed by atoms with van der Waals surface area (Å²) in [6.45, 7) is 9.85. The van der Waals surface area contributed by atoms with Crippen LogP contribution in [0.25, 0.3) is 0 Å². The van der Waals surface area contributed by atoms with Crippen molar-refractivity contribution in [3.63, 3.8) is 0 Å². The molecule has 1 saturated heterocycles. The molecule has 0 aromatic heterocycles. The highest BCUT2D eigenvalue weighted by Gasteiger charge is 2.62. The number of carbonyl (C=O) groups excluding carboxylic acids is 2. The molecule has 2 aliphatic heterocycles. The molecule has 4 aliphatic rings. The lowest BCUT2D eigenvalue weighted by molar-refractivity contribution is -0.178. The van der Waals surface area contributed by atoms with E-state index >= 15 is 0 Å². The molecule has 0 amide bonds. The number of rotatable bonds is 2. The van der Waals surface area contributed by atoms with Crippen LogP contribution in [0.4, 0.5) is 0 Å². The van der Waals surface area contributed by atoms with Gasteiger partial charge in [0.2, 0.25) is 0 Å². The highest BCUT2D eigenvalue weighted by molar-refractivity contribution is 5.66. The van der Waals surface area contributed by atoms with Crippen molar-refractivity contribution in [2.24, 2.45) is 29.1 Å². The summed E-state index contributed by atoms with van der Waals surface area (Å²) >= 11 is 0. The van der Waals surface area contributed by atoms with E-state index in [0.717, 1.165) is 44.3 Å². The number of esters is 2. The number of carbonyl (C=O) groups is 2. The second-order valence-corrected chi connectivity index (χ2v) is 9.97. The maximum absolute atomic E-state index is 11.7. The first-order chi connectivity index (χ1) is 13.1. The van der Waals surface area contributed by atoms with Crippen LogP contribution < -0.4 is 0 Å². The van der Waals surface area contributed by atoms with Crippen LogP contribution in [-0.4, -0.2) is 29.7 Å². The minimum Gasteiger partial charge on any atom is -0.492 e. The molecule has 3 fully saturated rings. The van der Waals surface area contributed by atoms with Crippen LogP contribution in [0.3, 0.4) is 0 Å². The molecule has 0 radical (unpaired) electrons. The number of allylic oxidation sites excluding steroid dienone is 1. The zero-order chi connectivity index (χ0) is 20.3. The van der Waals surface area contributed by atoms with Crippen LogP contribution in [0.5, 0.6) is 0 Å². The molecule has 156 valence electrons. The van der Waals surface area contributed by atoms with Crippen molar-refractivity contribution in [1.29, 1.82) is 0 Å². The van der Waals surface area contributed by atoms with Crippen molar-refractivity contribution in [2.45, 2.75) is 91.0 Å². The van der Waals surface area contributed by atoms with Gasteiger partial charge in [-0.2, -0.15) is 0 Å². The monoisotopic (exact) mass is 390 g/mol. The number of fused-ring (bicyclic) bond motifs is 6. The normalized spacial score (nSPS) is 47.0. The van der Waals surface area contributed by atoms with Gasteiger partial charge in [-0.3, -0.25) is 9.59 Å². The Kier molecular flexibility index (Phi) is 4.79.